The first-order valence-corrected chi connectivity index (χ1v) is 9.99. The summed E-state index contributed by atoms with van der Waals surface area (Å²) in [5.74, 6) is -0.720. The highest BCUT2D eigenvalue weighted by molar-refractivity contribution is 6.08. The lowest BCUT2D eigenvalue weighted by molar-refractivity contribution is -0.138. The third kappa shape index (κ3) is 5.43. The van der Waals surface area contributed by atoms with Crippen LogP contribution in [0.5, 0.6) is 0 Å². The molecule has 6 nitrogen and oxygen atoms in total. The van der Waals surface area contributed by atoms with Crippen LogP contribution in [0.4, 0.5) is 0 Å². The molecule has 0 heterocycles. The fourth-order valence-electron chi connectivity index (χ4n) is 3.45. The summed E-state index contributed by atoms with van der Waals surface area (Å²) in [6, 6.07) is 18.3. The van der Waals surface area contributed by atoms with Gasteiger partial charge in [0.1, 0.15) is 5.41 Å². The second-order valence-corrected chi connectivity index (χ2v) is 7.67. The molecule has 1 aliphatic carbocycles. The summed E-state index contributed by atoms with van der Waals surface area (Å²) in [6.45, 7) is -0.406. The quantitative estimate of drug-likeness (QED) is 0.454. The summed E-state index contributed by atoms with van der Waals surface area (Å²) in [4.78, 5) is 25.6. The molecule has 0 bridgehead atoms. The lowest BCUT2D eigenvalue weighted by atomic mass is 10.0. The lowest BCUT2D eigenvalue weighted by Crippen LogP contribution is -2.51. The van der Waals surface area contributed by atoms with Crippen LogP contribution in [0.15, 0.2) is 60.7 Å². The Morgan fingerprint density at radius 3 is 1.45 bits per heavy atom. The first-order valence-electron chi connectivity index (χ1n) is 9.99. The van der Waals surface area contributed by atoms with Gasteiger partial charge in [-0.1, -0.05) is 60.7 Å². The van der Waals surface area contributed by atoms with Gasteiger partial charge in [-0.2, -0.15) is 0 Å². The standard InChI is InChI=1S/C23H28N2O4/c26-15-19(13-17-7-3-1-4-8-17)24-21(28)23(11-12-23)22(29)25-20(16-27)14-18-9-5-2-6-10-18/h1-10,19-20,26-27H,11-16H2,(H,24,28)(H,25,29)/t19-,20-/m1/s1. The topological polar surface area (TPSA) is 98.7 Å². The number of aliphatic hydroxyl groups is 2. The molecule has 0 aromatic heterocycles. The average molecular weight is 396 g/mol. The van der Waals surface area contributed by atoms with E-state index >= 15 is 0 Å². The monoisotopic (exact) mass is 396 g/mol. The van der Waals surface area contributed by atoms with Crippen molar-refractivity contribution < 1.29 is 19.8 Å². The van der Waals surface area contributed by atoms with Gasteiger partial charge >= 0.3 is 0 Å². The van der Waals surface area contributed by atoms with E-state index < -0.39 is 17.5 Å². The first kappa shape index (κ1) is 21.0. The number of aliphatic hydroxyl groups excluding tert-OH is 2. The third-order valence-corrected chi connectivity index (χ3v) is 5.38. The van der Waals surface area contributed by atoms with Gasteiger partial charge < -0.3 is 20.8 Å². The molecule has 0 saturated heterocycles. The van der Waals surface area contributed by atoms with E-state index in [4.69, 9.17) is 0 Å². The van der Waals surface area contributed by atoms with Gasteiger partial charge in [-0.3, -0.25) is 9.59 Å². The second-order valence-electron chi connectivity index (χ2n) is 7.67. The van der Waals surface area contributed by atoms with E-state index in [1.54, 1.807) is 0 Å². The number of benzene rings is 2. The first-order chi connectivity index (χ1) is 14.1. The Labute approximate surface area is 171 Å². The lowest BCUT2D eigenvalue weighted by Gasteiger charge is -2.23. The van der Waals surface area contributed by atoms with Crippen LogP contribution in [-0.2, 0) is 22.4 Å². The second kappa shape index (κ2) is 9.67. The molecule has 3 rings (SSSR count). The van der Waals surface area contributed by atoms with Crippen LogP contribution in [0.2, 0.25) is 0 Å². The van der Waals surface area contributed by atoms with E-state index in [9.17, 15) is 19.8 Å². The molecule has 1 aliphatic rings. The van der Waals surface area contributed by atoms with Gasteiger partial charge in [-0.05, 0) is 36.8 Å². The molecule has 0 aliphatic heterocycles. The fraction of sp³-hybridized carbons (Fsp3) is 0.391. The molecule has 6 heteroatoms. The average Bonchev–Trinajstić information content (AvgIpc) is 3.56. The normalized spacial score (nSPS) is 16.5. The Kier molecular flexibility index (Phi) is 7.01. The van der Waals surface area contributed by atoms with E-state index in [2.05, 4.69) is 10.6 Å². The zero-order valence-electron chi connectivity index (χ0n) is 16.4. The van der Waals surface area contributed by atoms with Gasteiger partial charge in [0.15, 0.2) is 0 Å². The van der Waals surface area contributed by atoms with E-state index in [1.807, 2.05) is 60.7 Å². The smallest absolute Gasteiger partial charge is 0.236 e. The molecule has 2 aromatic rings. The Morgan fingerprint density at radius 2 is 1.14 bits per heavy atom. The minimum absolute atomic E-state index is 0.203. The minimum Gasteiger partial charge on any atom is -0.394 e. The zero-order valence-corrected chi connectivity index (χ0v) is 16.4. The van der Waals surface area contributed by atoms with Crippen molar-refractivity contribution in [3.05, 3.63) is 71.8 Å². The summed E-state index contributed by atoms with van der Waals surface area (Å²) in [7, 11) is 0. The van der Waals surface area contributed by atoms with Crippen molar-refractivity contribution in [3.8, 4) is 0 Å². The van der Waals surface area contributed by atoms with Gasteiger partial charge in [-0.15, -0.1) is 0 Å². The van der Waals surface area contributed by atoms with Crippen LogP contribution in [-0.4, -0.2) is 47.3 Å². The number of hydrogen-bond donors (Lipinski definition) is 4. The SMILES string of the molecule is O=C(N[C@@H](CO)Cc1ccccc1)C1(C(=O)N[C@@H](CO)Cc2ccccc2)CC1. The number of nitrogens with one attached hydrogen (secondary N) is 2. The molecule has 0 spiro atoms. The van der Waals surface area contributed by atoms with Crippen LogP contribution in [0.25, 0.3) is 0 Å². The summed E-state index contributed by atoms with van der Waals surface area (Å²) < 4.78 is 0. The van der Waals surface area contributed by atoms with Gasteiger partial charge in [0.25, 0.3) is 0 Å². The van der Waals surface area contributed by atoms with Crippen molar-refractivity contribution in [3.63, 3.8) is 0 Å². The van der Waals surface area contributed by atoms with Crippen LogP contribution in [0.1, 0.15) is 24.0 Å². The highest BCUT2D eigenvalue weighted by Crippen LogP contribution is 2.46. The fourth-order valence-corrected chi connectivity index (χ4v) is 3.45. The van der Waals surface area contributed by atoms with Crippen molar-refractivity contribution in [2.24, 2.45) is 5.41 Å². The van der Waals surface area contributed by atoms with E-state index in [1.165, 1.54) is 0 Å². The number of rotatable bonds is 10. The van der Waals surface area contributed by atoms with E-state index in [0.29, 0.717) is 25.7 Å². The van der Waals surface area contributed by atoms with Gasteiger partial charge in [-0.25, -0.2) is 0 Å². The van der Waals surface area contributed by atoms with Gasteiger partial charge in [0.2, 0.25) is 11.8 Å². The summed E-state index contributed by atoms with van der Waals surface area (Å²) in [5.41, 5.74) is 0.905. The summed E-state index contributed by atoms with van der Waals surface area (Å²) in [6.07, 6.45) is 1.93. The Morgan fingerprint density at radius 1 is 0.759 bits per heavy atom. The maximum atomic E-state index is 12.8. The molecule has 2 atom stereocenters. The number of amides is 2. The van der Waals surface area contributed by atoms with Crippen molar-refractivity contribution >= 4 is 11.8 Å². The number of hydrogen-bond acceptors (Lipinski definition) is 4. The molecule has 1 fully saturated rings. The molecule has 2 amide bonds. The van der Waals surface area contributed by atoms with E-state index in [-0.39, 0.29) is 25.0 Å². The van der Waals surface area contributed by atoms with Crippen LogP contribution in [0.3, 0.4) is 0 Å². The van der Waals surface area contributed by atoms with E-state index in [0.717, 1.165) is 11.1 Å². The predicted octanol–water partition coefficient (Wildman–Crippen LogP) is 1.21. The maximum absolute atomic E-state index is 12.8. The largest absolute Gasteiger partial charge is 0.394 e. The summed E-state index contributed by atoms with van der Waals surface area (Å²) in [5, 5.41) is 25.0. The maximum Gasteiger partial charge on any atom is 0.236 e. The molecule has 2 aromatic carbocycles. The summed E-state index contributed by atoms with van der Waals surface area (Å²) >= 11 is 0. The van der Waals surface area contributed by atoms with Crippen molar-refractivity contribution in [1.29, 1.82) is 0 Å². The Balaban J connectivity index is 1.58. The van der Waals surface area contributed by atoms with Gasteiger partial charge in [0, 0.05) is 0 Å². The predicted molar refractivity (Wildman–Crippen MR) is 110 cm³/mol. The third-order valence-electron chi connectivity index (χ3n) is 5.38. The Bertz CT molecular complexity index is 741. The van der Waals surface area contributed by atoms with Crippen molar-refractivity contribution in [1.82, 2.24) is 10.6 Å². The zero-order chi connectivity index (χ0) is 20.7. The molecule has 29 heavy (non-hydrogen) atoms. The van der Waals surface area contributed by atoms with Crippen molar-refractivity contribution in [2.45, 2.75) is 37.8 Å². The number of carbonyl (C=O) groups excluding carboxylic acids is 2. The van der Waals surface area contributed by atoms with Gasteiger partial charge in [0.05, 0.1) is 25.3 Å². The molecule has 1 saturated carbocycles. The molecule has 0 unspecified atom stereocenters. The molecular formula is C23H28N2O4. The molecule has 4 N–H and O–H groups in total. The molecular weight excluding hydrogens is 368 g/mol. The molecule has 0 radical (unpaired) electrons. The van der Waals surface area contributed by atoms with Crippen LogP contribution in [0, 0.1) is 5.41 Å². The Hall–Kier alpha value is -2.70. The highest BCUT2D eigenvalue weighted by atomic mass is 16.3. The highest BCUT2D eigenvalue weighted by Gasteiger charge is 2.57. The number of carbonyl (C=O) groups is 2. The molecule has 154 valence electrons. The van der Waals surface area contributed by atoms with Crippen molar-refractivity contribution in [2.75, 3.05) is 13.2 Å². The minimum atomic E-state index is -1.10. The van der Waals surface area contributed by atoms with Crippen LogP contribution >= 0.6 is 0 Å². The van der Waals surface area contributed by atoms with Crippen LogP contribution < -0.4 is 10.6 Å².